The molecule has 0 bridgehead atoms. The fraction of sp³-hybridized carbons (Fsp3) is 0.0755. The highest BCUT2D eigenvalue weighted by molar-refractivity contribution is 6.13. The van der Waals surface area contributed by atoms with Crippen molar-refractivity contribution in [2.75, 3.05) is 0 Å². The van der Waals surface area contributed by atoms with E-state index in [-0.39, 0.29) is 5.41 Å². The third-order valence-corrected chi connectivity index (χ3v) is 11.7. The maximum Gasteiger partial charge on any atom is 0.131 e. The molecule has 0 aliphatic heterocycles. The van der Waals surface area contributed by atoms with Gasteiger partial charge in [-0.3, -0.25) is 0 Å². The Kier molecular flexibility index (Phi) is 7.74. The van der Waals surface area contributed by atoms with Gasteiger partial charge in [-0.25, -0.2) is 4.99 Å². The Hall–Kier alpha value is -6.77. The molecule has 9 aromatic rings. The minimum atomic E-state index is -0.118. The van der Waals surface area contributed by atoms with Gasteiger partial charge in [0.2, 0.25) is 0 Å². The number of aliphatic imine (C=N–C) groups is 1. The molecule has 0 radical (unpaired) electrons. The molecule has 10 rings (SSSR count). The van der Waals surface area contributed by atoms with Crippen LogP contribution in [0.2, 0.25) is 0 Å². The minimum Gasteiger partial charge on any atom is -0.383 e. The monoisotopic (exact) mass is 704 g/mol. The Morgan fingerprint density at radius 2 is 1.11 bits per heavy atom. The van der Waals surface area contributed by atoms with Crippen molar-refractivity contribution in [1.82, 2.24) is 0 Å². The molecule has 0 heterocycles. The number of allylic oxidation sites excluding steroid dienone is 1. The Labute approximate surface area is 321 Å². The van der Waals surface area contributed by atoms with E-state index < -0.39 is 0 Å². The molecule has 0 amide bonds. The predicted octanol–water partition coefficient (Wildman–Crippen LogP) is 13.3. The highest BCUT2D eigenvalue weighted by Gasteiger charge is 2.38. The Morgan fingerprint density at radius 1 is 0.491 bits per heavy atom. The highest BCUT2D eigenvalue weighted by Crippen LogP contribution is 2.55. The third-order valence-electron chi connectivity index (χ3n) is 11.7. The summed E-state index contributed by atoms with van der Waals surface area (Å²) < 4.78 is 0. The first kappa shape index (κ1) is 32.8. The summed E-state index contributed by atoms with van der Waals surface area (Å²) in [4.78, 5) is 5.29. The number of hydrogen-bond acceptors (Lipinski definition) is 1. The van der Waals surface area contributed by atoms with E-state index in [0.717, 1.165) is 33.0 Å². The average Bonchev–Trinajstić information content (AvgIpc) is 3.48. The quantitative estimate of drug-likeness (QED) is 0.136. The molecule has 0 atom stereocenters. The van der Waals surface area contributed by atoms with Gasteiger partial charge in [0.15, 0.2) is 0 Å². The van der Waals surface area contributed by atoms with Crippen LogP contribution in [0.4, 0.5) is 0 Å². The van der Waals surface area contributed by atoms with E-state index >= 15 is 0 Å². The van der Waals surface area contributed by atoms with E-state index in [9.17, 15) is 0 Å². The number of amidine groups is 1. The van der Waals surface area contributed by atoms with Crippen LogP contribution in [-0.4, -0.2) is 5.84 Å². The number of rotatable bonds is 6. The summed E-state index contributed by atoms with van der Waals surface area (Å²) >= 11 is 0. The molecule has 9 aromatic carbocycles. The molecule has 1 aliphatic rings. The second-order valence-corrected chi connectivity index (χ2v) is 15.3. The van der Waals surface area contributed by atoms with Crippen molar-refractivity contribution >= 4 is 54.6 Å². The van der Waals surface area contributed by atoms with Crippen LogP contribution < -0.4 is 5.73 Å². The van der Waals surface area contributed by atoms with Gasteiger partial charge in [-0.2, -0.15) is 0 Å². The lowest BCUT2D eigenvalue weighted by Gasteiger charge is -2.22. The molecule has 0 unspecified atom stereocenters. The van der Waals surface area contributed by atoms with Crippen LogP contribution in [-0.2, 0) is 11.8 Å². The zero-order valence-corrected chi connectivity index (χ0v) is 31.1. The summed E-state index contributed by atoms with van der Waals surface area (Å²) in [6, 6.07) is 63.5. The largest absolute Gasteiger partial charge is 0.383 e. The van der Waals surface area contributed by atoms with Crippen molar-refractivity contribution in [3.63, 3.8) is 0 Å². The second kappa shape index (κ2) is 13.0. The number of benzene rings is 9. The molecule has 0 spiro atoms. The van der Waals surface area contributed by atoms with Crippen molar-refractivity contribution in [1.29, 1.82) is 0 Å². The number of fused-ring (bicyclic) bond motifs is 8. The summed E-state index contributed by atoms with van der Waals surface area (Å²) in [5, 5.41) is 9.61. The lowest BCUT2D eigenvalue weighted by molar-refractivity contribution is 0.661. The average molecular weight is 705 g/mol. The Morgan fingerprint density at radius 3 is 1.93 bits per heavy atom. The Balaban J connectivity index is 1.17. The topological polar surface area (TPSA) is 38.4 Å². The summed E-state index contributed by atoms with van der Waals surface area (Å²) in [5.74, 6) is 0.501. The molecular weight excluding hydrogens is 665 g/mol. The molecule has 2 heteroatoms. The van der Waals surface area contributed by atoms with Crippen molar-refractivity contribution < 1.29 is 0 Å². The summed E-state index contributed by atoms with van der Waals surface area (Å²) in [6.45, 7) is 4.73. The van der Waals surface area contributed by atoms with Gasteiger partial charge in [-0.15, -0.1) is 0 Å². The van der Waals surface area contributed by atoms with E-state index in [2.05, 4.69) is 196 Å². The number of nitrogens with zero attached hydrogens (tertiary/aromatic N) is 1. The fourth-order valence-electron chi connectivity index (χ4n) is 8.97. The normalized spacial score (nSPS) is 13.8. The van der Waals surface area contributed by atoms with Crippen LogP contribution in [0.15, 0.2) is 187 Å². The van der Waals surface area contributed by atoms with E-state index in [1.165, 1.54) is 65.9 Å². The smallest absolute Gasteiger partial charge is 0.131 e. The lowest BCUT2D eigenvalue weighted by Crippen LogP contribution is -2.14. The molecule has 55 heavy (non-hydrogen) atoms. The first-order valence-corrected chi connectivity index (χ1v) is 19.1. The summed E-state index contributed by atoms with van der Waals surface area (Å²) in [7, 11) is 0. The van der Waals surface area contributed by atoms with Gasteiger partial charge >= 0.3 is 0 Å². The number of hydrogen-bond donors (Lipinski definition) is 1. The van der Waals surface area contributed by atoms with Crippen LogP contribution in [0.1, 0.15) is 41.7 Å². The van der Waals surface area contributed by atoms with E-state index in [4.69, 9.17) is 10.7 Å². The van der Waals surface area contributed by atoms with Gasteiger partial charge in [0.1, 0.15) is 5.84 Å². The van der Waals surface area contributed by atoms with Crippen molar-refractivity contribution in [3.05, 3.63) is 210 Å². The summed E-state index contributed by atoms with van der Waals surface area (Å²) in [5.41, 5.74) is 18.9. The van der Waals surface area contributed by atoms with Gasteiger partial charge in [0.05, 0.1) is 5.70 Å². The molecule has 2 N–H and O–H groups in total. The first-order valence-electron chi connectivity index (χ1n) is 19.1. The van der Waals surface area contributed by atoms with Crippen LogP contribution in [0.25, 0.3) is 71.0 Å². The molecule has 0 saturated heterocycles. The van der Waals surface area contributed by atoms with Crippen molar-refractivity contribution in [2.45, 2.75) is 25.7 Å². The van der Waals surface area contributed by atoms with E-state index in [1.807, 2.05) is 0 Å². The highest BCUT2D eigenvalue weighted by atomic mass is 14.9. The molecule has 1 aliphatic carbocycles. The molecule has 262 valence electrons. The van der Waals surface area contributed by atoms with E-state index in [0.29, 0.717) is 12.3 Å². The second-order valence-electron chi connectivity index (χ2n) is 15.3. The zero-order valence-electron chi connectivity index (χ0n) is 31.1. The maximum atomic E-state index is 6.99. The predicted molar refractivity (Wildman–Crippen MR) is 235 cm³/mol. The van der Waals surface area contributed by atoms with Gasteiger partial charge in [0.25, 0.3) is 0 Å². The van der Waals surface area contributed by atoms with E-state index in [1.54, 1.807) is 0 Å². The van der Waals surface area contributed by atoms with Gasteiger partial charge in [-0.05, 0) is 88.5 Å². The van der Waals surface area contributed by atoms with Crippen molar-refractivity contribution in [2.24, 2.45) is 10.7 Å². The molecular formula is C53H40N2. The van der Waals surface area contributed by atoms with Gasteiger partial charge in [0, 0.05) is 16.5 Å². The maximum absolute atomic E-state index is 6.99. The fourth-order valence-corrected chi connectivity index (χ4v) is 8.97. The molecule has 0 aromatic heterocycles. The SMILES string of the molecule is CC1(C)c2cccc(-c3ccc(/C(=C/Cc4ccc5ccccc5c4)N=C(N)c4cccc5ccccc45)c4ccccc34)c2-c2c1ccc1ccccc21. The van der Waals surface area contributed by atoms with Crippen LogP contribution in [0.3, 0.4) is 0 Å². The van der Waals surface area contributed by atoms with Gasteiger partial charge < -0.3 is 5.73 Å². The first-order chi connectivity index (χ1) is 27.0. The zero-order chi connectivity index (χ0) is 37.1. The Bertz CT molecular complexity index is 3050. The van der Waals surface area contributed by atoms with Crippen LogP contribution >= 0.6 is 0 Å². The molecule has 2 nitrogen and oxygen atoms in total. The van der Waals surface area contributed by atoms with Crippen LogP contribution in [0, 0.1) is 0 Å². The van der Waals surface area contributed by atoms with Crippen LogP contribution in [0.5, 0.6) is 0 Å². The standard InChI is InChI=1S/C53H40N2/c1-53(2)47-24-12-22-45(51(47)50-40-19-8-6-15-37(40)28-31-48(50)53)43-29-30-44(42-21-10-9-20-41(42)43)49(32-26-34-25-27-35-13-3-4-16-38(35)33-34)55-52(54)46-23-11-17-36-14-5-7-18-39(36)46/h3-25,27-33H,26H2,1-2H3,(H2,54,55)/b49-32-. The van der Waals surface area contributed by atoms with Crippen molar-refractivity contribution in [3.8, 4) is 22.3 Å². The third kappa shape index (κ3) is 5.44. The molecule has 0 saturated carbocycles. The van der Waals surface area contributed by atoms with Gasteiger partial charge in [-0.1, -0.05) is 196 Å². The summed E-state index contributed by atoms with van der Waals surface area (Å²) in [6.07, 6.45) is 2.96. The number of nitrogens with two attached hydrogens (primary N) is 1. The lowest BCUT2D eigenvalue weighted by atomic mass is 9.81. The molecule has 0 fully saturated rings. The minimum absolute atomic E-state index is 0.118.